The first-order chi connectivity index (χ1) is 8.31. The molecule has 1 aliphatic carbocycles. The van der Waals surface area contributed by atoms with Gasteiger partial charge in [-0.1, -0.05) is 0 Å². The lowest BCUT2D eigenvalue weighted by molar-refractivity contribution is 0.102. The predicted molar refractivity (Wildman–Crippen MR) is 68.8 cm³/mol. The average molecular weight is 266 g/mol. The van der Waals surface area contributed by atoms with Crippen LogP contribution < -0.4 is 10.6 Å². The van der Waals surface area contributed by atoms with Crippen molar-refractivity contribution in [1.29, 1.82) is 0 Å². The second-order valence-corrected chi connectivity index (χ2v) is 5.50. The molecule has 1 fully saturated rings. The molecule has 2 N–H and O–H groups in total. The molecule has 3 rings (SSSR count). The molecule has 0 aromatic carbocycles. The summed E-state index contributed by atoms with van der Waals surface area (Å²) in [6.07, 6.45) is 4.04. The Hall–Kier alpha value is -1.47. The third kappa shape index (κ3) is 2.62. The Bertz CT molecular complexity index is 518. The van der Waals surface area contributed by atoms with E-state index in [0.717, 1.165) is 5.13 Å². The van der Waals surface area contributed by atoms with Gasteiger partial charge in [-0.2, -0.15) is 0 Å². The molecule has 17 heavy (non-hydrogen) atoms. The Labute approximate surface area is 106 Å². The van der Waals surface area contributed by atoms with Gasteiger partial charge in [0.1, 0.15) is 5.69 Å². The maximum absolute atomic E-state index is 11.8. The van der Waals surface area contributed by atoms with Crippen molar-refractivity contribution in [2.75, 3.05) is 10.6 Å². The van der Waals surface area contributed by atoms with E-state index in [1.807, 2.05) is 5.38 Å². The van der Waals surface area contributed by atoms with E-state index in [4.69, 9.17) is 0 Å². The molecule has 7 heteroatoms. The quantitative estimate of drug-likeness (QED) is 0.892. The molecule has 0 aliphatic heterocycles. The minimum atomic E-state index is -0.208. The maximum Gasteiger partial charge on any atom is 0.276 e. The van der Waals surface area contributed by atoms with Crippen molar-refractivity contribution in [2.24, 2.45) is 0 Å². The molecule has 2 aromatic heterocycles. The highest BCUT2D eigenvalue weighted by molar-refractivity contribution is 7.14. The molecule has 0 unspecified atom stereocenters. The number of carbonyl (C=O) groups excluding carboxylic acids is 1. The van der Waals surface area contributed by atoms with E-state index < -0.39 is 0 Å². The number of anilines is 2. The summed E-state index contributed by atoms with van der Waals surface area (Å²) in [5, 5.41) is 11.0. The zero-order valence-corrected chi connectivity index (χ0v) is 10.5. The molecule has 0 spiro atoms. The highest BCUT2D eigenvalue weighted by atomic mass is 32.1. The molecule has 1 saturated carbocycles. The average Bonchev–Trinajstić information content (AvgIpc) is 2.81. The second-order valence-electron chi connectivity index (χ2n) is 3.75. The first-order valence-electron chi connectivity index (χ1n) is 5.24. The van der Waals surface area contributed by atoms with Crippen LogP contribution in [0.2, 0.25) is 0 Å². The monoisotopic (exact) mass is 266 g/mol. The van der Waals surface area contributed by atoms with Gasteiger partial charge < -0.3 is 5.32 Å². The third-order valence-corrected chi connectivity index (χ3v) is 3.76. The van der Waals surface area contributed by atoms with Crippen LogP contribution in [-0.2, 0) is 0 Å². The summed E-state index contributed by atoms with van der Waals surface area (Å²) in [6.45, 7) is 0. The van der Waals surface area contributed by atoms with Crippen LogP contribution in [0.25, 0.3) is 0 Å². The normalized spacial score (nSPS) is 14.6. The fourth-order valence-electron chi connectivity index (χ4n) is 1.29. The molecule has 0 radical (unpaired) electrons. The van der Waals surface area contributed by atoms with Crippen LogP contribution in [0, 0.1) is 0 Å². The molecule has 0 bridgehead atoms. The first-order valence-corrected chi connectivity index (χ1v) is 7.00. The molecule has 0 atom stereocenters. The Morgan fingerprint density at radius 2 is 2.24 bits per heavy atom. The van der Waals surface area contributed by atoms with Crippen LogP contribution in [-0.4, -0.2) is 21.9 Å². The number of nitrogens with zero attached hydrogens (tertiary/aromatic N) is 2. The number of amides is 1. The van der Waals surface area contributed by atoms with Crippen LogP contribution in [0.3, 0.4) is 0 Å². The van der Waals surface area contributed by atoms with Gasteiger partial charge >= 0.3 is 0 Å². The van der Waals surface area contributed by atoms with Gasteiger partial charge in [-0.15, -0.1) is 22.7 Å². The fraction of sp³-hybridized carbons (Fsp3) is 0.300. The van der Waals surface area contributed by atoms with Crippen molar-refractivity contribution in [1.82, 2.24) is 9.97 Å². The number of carbonyl (C=O) groups is 1. The summed E-state index contributed by atoms with van der Waals surface area (Å²) in [7, 11) is 0. The molecule has 1 amide bonds. The van der Waals surface area contributed by atoms with E-state index in [2.05, 4.69) is 20.6 Å². The highest BCUT2D eigenvalue weighted by Gasteiger charge is 2.22. The van der Waals surface area contributed by atoms with Gasteiger partial charge in [0, 0.05) is 23.0 Å². The number of aromatic nitrogens is 2. The first kappa shape index (κ1) is 10.7. The number of hydrogen-bond acceptors (Lipinski definition) is 6. The number of thiazole rings is 2. The third-order valence-electron chi connectivity index (χ3n) is 2.29. The number of hydrogen-bond donors (Lipinski definition) is 2. The van der Waals surface area contributed by atoms with Gasteiger partial charge in [0.2, 0.25) is 0 Å². The zero-order chi connectivity index (χ0) is 11.7. The summed E-state index contributed by atoms with van der Waals surface area (Å²) in [4.78, 5) is 20.0. The van der Waals surface area contributed by atoms with Crippen molar-refractivity contribution in [3.8, 4) is 0 Å². The van der Waals surface area contributed by atoms with E-state index >= 15 is 0 Å². The van der Waals surface area contributed by atoms with Gasteiger partial charge in [0.25, 0.3) is 5.91 Å². The Balaban J connectivity index is 1.66. The Morgan fingerprint density at radius 3 is 2.94 bits per heavy atom. The van der Waals surface area contributed by atoms with Gasteiger partial charge in [-0.25, -0.2) is 9.97 Å². The Morgan fingerprint density at radius 1 is 1.35 bits per heavy atom. The van der Waals surface area contributed by atoms with Gasteiger partial charge in [0.15, 0.2) is 10.3 Å². The summed E-state index contributed by atoms with van der Waals surface area (Å²) in [5.74, 6) is -0.208. The second kappa shape index (κ2) is 4.42. The SMILES string of the molecule is O=C(Nc1nccs1)c1csc(NC2CC2)n1. The molecular formula is C10H10N4OS2. The molecule has 88 valence electrons. The van der Waals surface area contributed by atoms with Crippen LogP contribution in [0.4, 0.5) is 10.3 Å². The van der Waals surface area contributed by atoms with Crippen molar-refractivity contribution in [2.45, 2.75) is 18.9 Å². The fourth-order valence-corrected chi connectivity index (χ4v) is 2.59. The number of nitrogens with one attached hydrogen (secondary N) is 2. The van der Waals surface area contributed by atoms with E-state index in [1.165, 1.54) is 35.5 Å². The lowest BCUT2D eigenvalue weighted by Gasteiger charge is -1.98. The zero-order valence-electron chi connectivity index (χ0n) is 8.84. The van der Waals surface area contributed by atoms with Crippen molar-refractivity contribution >= 4 is 38.8 Å². The van der Waals surface area contributed by atoms with Crippen LogP contribution >= 0.6 is 22.7 Å². The van der Waals surface area contributed by atoms with Crippen LogP contribution in [0.15, 0.2) is 17.0 Å². The standard InChI is InChI=1S/C10H10N4OS2/c15-8(14-9-11-3-4-16-9)7-5-17-10(13-7)12-6-1-2-6/h3-6H,1-2H2,(H,12,13)(H,11,14,15). The molecule has 5 nitrogen and oxygen atoms in total. The van der Waals surface area contributed by atoms with E-state index in [-0.39, 0.29) is 5.91 Å². The van der Waals surface area contributed by atoms with Crippen molar-refractivity contribution < 1.29 is 4.79 Å². The molecule has 1 aliphatic rings. The van der Waals surface area contributed by atoms with E-state index in [1.54, 1.807) is 11.6 Å². The number of rotatable bonds is 4. The summed E-state index contributed by atoms with van der Waals surface area (Å²) >= 11 is 2.85. The van der Waals surface area contributed by atoms with Crippen molar-refractivity contribution in [3.05, 3.63) is 22.7 Å². The van der Waals surface area contributed by atoms with Gasteiger partial charge in [-0.3, -0.25) is 10.1 Å². The molecule has 2 heterocycles. The minimum absolute atomic E-state index is 0.208. The van der Waals surface area contributed by atoms with Gasteiger partial charge in [0.05, 0.1) is 0 Å². The molecule has 2 aromatic rings. The van der Waals surface area contributed by atoms with Crippen LogP contribution in [0.1, 0.15) is 23.3 Å². The smallest absolute Gasteiger partial charge is 0.276 e. The Kier molecular flexibility index (Phi) is 2.77. The van der Waals surface area contributed by atoms with Crippen molar-refractivity contribution in [3.63, 3.8) is 0 Å². The summed E-state index contributed by atoms with van der Waals surface area (Å²) in [5.41, 5.74) is 0.438. The summed E-state index contributed by atoms with van der Waals surface area (Å²) in [6, 6.07) is 0.552. The molecule has 0 saturated heterocycles. The lowest BCUT2D eigenvalue weighted by Crippen LogP contribution is -2.12. The highest BCUT2D eigenvalue weighted by Crippen LogP contribution is 2.26. The lowest BCUT2D eigenvalue weighted by atomic mass is 10.5. The largest absolute Gasteiger partial charge is 0.359 e. The topological polar surface area (TPSA) is 66.9 Å². The van der Waals surface area contributed by atoms with Crippen LogP contribution in [0.5, 0.6) is 0 Å². The van der Waals surface area contributed by atoms with E-state index in [9.17, 15) is 4.79 Å². The minimum Gasteiger partial charge on any atom is -0.359 e. The predicted octanol–water partition coefficient (Wildman–Crippen LogP) is 2.43. The van der Waals surface area contributed by atoms with Gasteiger partial charge in [-0.05, 0) is 12.8 Å². The molecular weight excluding hydrogens is 256 g/mol. The maximum atomic E-state index is 11.8. The van der Waals surface area contributed by atoms with E-state index in [0.29, 0.717) is 16.9 Å². The summed E-state index contributed by atoms with van der Waals surface area (Å²) < 4.78 is 0.